The van der Waals surface area contributed by atoms with Crippen LogP contribution in [0.25, 0.3) is 10.6 Å². The van der Waals surface area contributed by atoms with Gasteiger partial charge in [0.05, 0.1) is 10.6 Å². The molecule has 1 saturated heterocycles. The van der Waals surface area contributed by atoms with Crippen LogP contribution in [0, 0.1) is 5.41 Å². The van der Waals surface area contributed by atoms with E-state index in [4.69, 9.17) is 15.7 Å². The van der Waals surface area contributed by atoms with E-state index in [0.717, 1.165) is 65.0 Å². The van der Waals surface area contributed by atoms with Crippen molar-refractivity contribution in [2.45, 2.75) is 37.1 Å². The van der Waals surface area contributed by atoms with Gasteiger partial charge in [-0.15, -0.1) is 0 Å². The second-order valence-corrected chi connectivity index (χ2v) is 10.8. The maximum Gasteiger partial charge on any atom is 0.211 e. The van der Waals surface area contributed by atoms with E-state index in [0.29, 0.717) is 0 Å². The smallest absolute Gasteiger partial charge is 0.211 e. The van der Waals surface area contributed by atoms with E-state index in [9.17, 15) is 0 Å². The summed E-state index contributed by atoms with van der Waals surface area (Å²) in [5, 5.41) is 0. The van der Waals surface area contributed by atoms with E-state index in [2.05, 4.69) is 57.4 Å². The zero-order valence-corrected chi connectivity index (χ0v) is 21.3. The van der Waals surface area contributed by atoms with Crippen LogP contribution in [0.3, 0.4) is 0 Å². The van der Waals surface area contributed by atoms with E-state index < -0.39 is 0 Å². The van der Waals surface area contributed by atoms with Gasteiger partial charge in [0.1, 0.15) is 0 Å². The molecule has 4 aromatic rings. The largest absolute Gasteiger partial charge is 0.342 e. The van der Waals surface area contributed by atoms with Crippen LogP contribution < -0.4 is 10.6 Å². The van der Waals surface area contributed by atoms with Gasteiger partial charge in [0.15, 0.2) is 5.65 Å². The molecule has 1 fully saturated rings. The molecule has 3 heterocycles. The first-order valence-electron chi connectivity index (χ1n) is 12.4. The Hall–Kier alpha value is -3.42. The maximum absolute atomic E-state index is 6.79. The number of fused-ring (bicyclic) bond motifs is 2. The summed E-state index contributed by atoms with van der Waals surface area (Å²) in [4.78, 5) is 18.3. The summed E-state index contributed by atoms with van der Waals surface area (Å²) in [6.45, 7) is 7.65. The lowest BCUT2D eigenvalue weighted by molar-refractivity contribution is 0.186. The van der Waals surface area contributed by atoms with Gasteiger partial charge < -0.3 is 10.6 Å². The number of hydrogen-bond donors (Lipinski definition) is 1. The van der Waals surface area contributed by atoms with Crippen molar-refractivity contribution >= 4 is 40.7 Å². The Morgan fingerprint density at radius 3 is 2.69 bits per heavy atom. The number of hydrogen-bond acceptors (Lipinski definition) is 6. The predicted molar refractivity (Wildman–Crippen MR) is 149 cm³/mol. The second kappa shape index (κ2) is 9.22. The third-order valence-corrected chi connectivity index (χ3v) is 9.01. The van der Waals surface area contributed by atoms with Gasteiger partial charge in [0.25, 0.3) is 0 Å². The lowest BCUT2D eigenvalue weighted by atomic mass is 9.73. The minimum Gasteiger partial charge on any atom is -0.342 e. The van der Waals surface area contributed by atoms with Gasteiger partial charge in [0, 0.05) is 48.2 Å². The topological polar surface area (TPSA) is 71.8 Å². The number of anilines is 1. The zero-order valence-electron chi connectivity index (χ0n) is 20.5. The molecule has 1 aliphatic heterocycles. The molecule has 6 nitrogen and oxygen atoms in total. The molecule has 0 bridgehead atoms. The molecular formula is C29H30N6S. The molecule has 7 heteroatoms. The summed E-state index contributed by atoms with van der Waals surface area (Å²) in [6, 6.07) is 16.9. The number of thioether (sulfide) groups is 1. The van der Waals surface area contributed by atoms with Crippen molar-refractivity contribution in [1.29, 1.82) is 0 Å². The average Bonchev–Trinajstić information content (AvgIpc) is 3.52. The number of aromatic nitrogens is 3. The van der Waals surface area contributed by atoms with Crippen molar-refractivity contribution < 1.29 is 0 Å². The summed E-state index contributed by atoms with van der Waals surface area (Å²) in [7, 11) is 0. The van der Waals surface area contributed by atoms with Crippen molar-refractivity contribution in [3.63, 3.8) is 0 Å². The van der Waals surface area contributed by atoms with Crippen molar-refractivity contribution in [3.05, 3.63) is 89.9 Å². The molecule has 0 radical (unpaired) electrons. The minimum absolute atomic E-state index is 0.114. The average molecular weight is 495 g/mol. The molecule has 36 heavy (non-hydrogen) atoms. The summed E-state index contributed by atoms with van der Waals surface area (Å²) < 4.78 is 2.12. The Morgan fingerprint density at radius 1 is 1.14 bits per heavy atom. The summed E-state index contributed by atoms with van der Waals surface area (Å²) in [5.74, 6) is 0.945. The molecule has 2 aliphatic rings. The number of allylic oxidation sites excluding steroid dienone is 1. The lowest BCUT2D eigenvalue weighted by Crippen LogP contribution is -2.45. The highest BCUT2D eigenvalue weighted by Crippen LogP contribution is 2.51. The molecule has 0 amide bonds. The number of rotatable bonds is 5. The number of nitrogens with zero attached hydrogens (tertiary/aromatic N) is 5. The predicted octanol–water partition coefficient (Wildman–Crippen LogP) is 6.06. The Labute approximate surface area is 216 Å². The molecular weight excluding hydrogens is 464 g/mol. The molecule has 2 N–H and O–H groups in total. The summed E-state index contributed by atoms with van der Waals surface area (Å²) in [5.41, 5.74) is 12.5. The molecule has 6 rings (SSSR count). The van der Waals surface area contributed by atoms with E-state index in [1.165, 1.54) is 11.1 Å². The first-order chi connectivity index (χ1) is 17.6. The SMILES string of the molecule is C=Nc1ccccc1/C(=C\C)Sc1cnc(N2CCC3(CC2)Cc2ccccc2[C@H]3N)n2ccnc12. The van der Waals surface area contributed by atoms with Crippen molar-refractivity contribution in [1.82, 2.24) is 14.4 Å². The van der Waals surface area contributed by atoms with Gasteiger partial charge in [0.2, 0.25) is 5.95 Å². The summed E-state index contributed by atoms with van der Waals surface area (Å²) in [6.07, 6.45) is 11.1. The third-order valence-electron chi connectivity index (χ3n) is 7.83. The van der Waals surface area contributed by atoms with Gasteiger partial charge >= 0.3 is 0 Å². The number of aliphatic imine (C=N–C) groups is 1. The number of benzene rings is 2. The quantitative estimate of drug-likeness (QED) is 0.270. The van der Waals surface area contributed by atoms with Crippen LogP contribution in [0.1, 0.15) is 42.5 Å². The fourth-order valence-electron chi connectivity index (χ4n) is 5.85. The minimum atomic E-state index is 0.114. The van der Waals surface area contributed by atoms with Crippen LogP contribution in [0.15, 0.2) is 83.1 Å². The van der Waals surface area contributed by atoms with E-state index in [1.54, 1.807) is 11.8 Å². The highest BCUT2D eigenvalue weighted by Gasteiger charge is 2.46. The van der Waals surface area contributed by atoms with Crippen LogP contribution in [0.2, 0.25) is 0 Å². The third kappa shape index (κ3) is 3.74. The van der Waals surface area contributed by atoms with E-state index in [1.807, 2.05) is 43.7 Å². The van der Waals surface area contributed by atoms with Crippen molar-refractivity contribution in [2.24, 2.45) is 16.1 Å². The number of piperidine rings is 1. The van der Waals surface area contributed by atoms with E-state index in [-0.39, 0.29) is 11.5 Å². The van der Waals surface area contributed by atoms with Gasteiger partial charge in [-0.3, -0.25) is 9.39 Å². The molecule has 0 saturated carbocycles. The van der Waals surface area contributed by atoms with Gasteiger partial charge in [-0.2, -0.15) is 0 Å². The molecule has 1 aliphatic carbocycles. The fourth-order valence-corrected chi connectivity index (χ4v) is 6.84. The molecule has 182 valence electrons. The van der Waals surface area contributed by atoms with Gasteiger partial charge in [-0.1, -0.05) is 60.3 Å². The molecule has 1 atom stereocenters. The number of imidazole rings is 1. The molecule has 0 unspecified atom stereocenters. The van der Waals surface area contributed by atoms with Crippen LogP contribution in [-0.2, 0) is 6.42 Å². The highest BCUT2D eigenvalue weighted by atomic mass is 32.2. The first-order valence-corrected chi connectivity index (χ1v) is 13.3. The molecule has 2 aromatic heterocycles. The number of nitrogens with two attached hydrogens (primary N) is 1. The Morgan fingerprint density at radius 2 is 1.92 bits per heavy atom. The van der Waals surface area contributed by atoms with Crippen LogP contribution in [-0.4, -0.2) is 34.2 Å². The van der Waals surface area contributed by atoms with Gasteiger partial charge in [-0.05, 0) is 55.5 Å². The molecule has 2 aromatic carbocycles. The summed E-state index contributed by atoms with van der Waals surface area (Å²) >= 11 is 1.66. The standard InChI is InChI=1S/C29H30N6S/c1-3-24(22-10-6-7-11-23(22)31-2)36-25-19-33-28(35-17-14-32-27(25)35)34-15-12-29(13-16-34)18-20-8-4-5-9-21(20)26(29)30/h3-11,14,17,19,26H,2,12-13,15-16,18,30H2,1H3/b24-3+/t26-/m1/s1. The monoisotopic (exact) mass is 494 g/mol. The Kier molecular flexibility index (Phi) is 5.90. The Bertz CT molecular complexity index is 1460. The van der Waals surface area contributed by atoms with Crippen molar-refractivity contribution in [2.75, 3.05) is 18.0 Å². The maximum atomic E-state index is 6.79. The zero-order chi connectivity index (χ0) is 24.7. The fraction of sp³-hybridized carbons (Fsp3) is 0.276. The first kappa shape index (κ1) is 23.0. The van der Waals surface area contributed by atoms with Crippen LogP contribution in [0.5, 0.6) is 0 Å². The van der Waals surface area contributed by atoms with Crippen LogP contribution in [0.4, 0.5) is 11.6 Å². The van der Waals surface area contributed by atoms with E-state index >= 15 is 0 Å². The van der Waals surface area contributed by atoms with Gasteiger partial charge in [-0.25, -0.2) is 9.97 Å². The van der Waals surface area contributed by atoms with Crippen molar-refractivity contribution in [3.8, 4) is 0 Å². The highest BCUT2D eigenvalue weighted by molar-refractivity contribution is 8.08. The van der Waals surface area contributed by atoms with Crippen LogP contribution >= 0.6 is 11.8 Å². The normalized spacial score (nSPS) is 19.1. The number of para-hydroxylation sites is 1. The second-order valence-electron chi connectivity index (χ2n) is 9.68. The Balaban J connectivity index is 1.25. The molecule has 1 spiro atoms. The lowest BCUT2D eigenvalue weighted by Gasteiger charge is -2.42.